The number of carbonyl (C=O) groups is 1. The number of benzene rings is 1. The molecule has 0 fully saturated rings. The molecule has 0 unspecified atom stereocenters. The highest BCUT2D eigenvalue weighted by molar-refractivity contribution is 7.18. The van der Waals surface area contributed by atoms with Crippen LogP contribution in [0.15, 0.2) is 12.1 Å². The van der Waals surface area contributed by atoms with E-state index in [1.165, 1.54) is 17.4 Å². The standard InChI is InChI=1S/C10H10N2O2S/c1-2-8-12-9-6(11)3-5(10(13)14)4-7(9)15-8/h3-4H,2,11H2,1H3,(H,13,14). The Hall–Kier alpha value is -1.62. The molecule has 0 bridgehead atoms. The van der Waals surface area contributed by atoms with Crippen LogP contribution in [-0.2, 0) is 6.42 Å². The molecule has 78 valence electrons. The molecule has 0 aliphatic carbocycles. The Morgan fingerprint density at radius 1 is 1.60 bits per heavy atom. The quantitative estimate of drug-likeness (QED) is 0.763. The van der Waals surface area contributed by atoms with Gasteiger partial charge in [-0.15, -0.1) is 11.3 Å². The number of fused-ring (bicyclic) bond motifs is 1. The van der Waals surface area contributed by atoms with E-state index in [1.54, 1.807) is 6.07 Å². The molecule has 0 saturated carbocycles. The lowest BCUT2D eigenvalue weighted by molar-refractivity contribution is 0.0697. The van der Waals surface area contributed by atoms with Gasteiger partial charge in [-0.3, -0.25) is 0 Å². The Morgan fingerprint density at radius 3 is 2.93 bits per heavy atom. The Morgan fingerprint density at radius 2 is 2.33 bits per heavy atom. The number of nitrogen functional groups attached to an aromatic ring is 1. The molecule has 2 aromatic rings. The van der Waals surface area contributed by atoms with Crippen molar-refractivity contribution in [3.63, 3.8) is 0 Å². The number of anilines is 1. The van der Waals surface area contributed by atoms with E-state index in [9.17, 15) is 4.79 Å². The van der Waals surface area contributed by atoms with Crippen molar-refractivity contribution in [3.05, 3.63) is 22.7 Å². The number of hydrogen-bond donors (Lipinski definition) is 2. The molecule has 4 nitrogen and oxygen atoms in total. The first-order chi connectivity index (χ1) is 7.11. The van der Waals surface area contributed by atoms with Gasteiger partial charge in [-0.25, -0.2) is 9.78 Å². The minimum atomic E-state index is -0.963. The third kappa shape index (κ3) is 1.66. The monoisotopic (exact) mass is 222 g/mol. The number of carboxylic acids is 1. The number of aromatic carboxylic acids is 1. The third-order valence-electron chi connectivity index (χ3n) is 2.12. The number of hydrogen-bond acceptors (Lipinski definition) is 4. The maximum Gasteiger partial charge on any atom is 0.335 e. The van der Waals surface area contributed by atoms with Crippen LogP contribution in [-0.4, -0.2) is 16.1 Å². The molecule has 2 rings (SSSR count). The third-order valence-corrected chi connectivity index (χ3v) is 3.26. The molecule has 0 aliphatic rings. The van der Waals surface area contributed by atoms with E-state index in [1.807, 2.05) is 6.92 Å². The Bertz CT molecular complexity index is 533. The van der Waals surface area contributed by atoms with Gasteiger partial charge in [0.15, 0.2) is 0 Å². The number of nitrogens with two attached hydrogens (primary N) is 1. The summed E-state index contributed by atoms with van der Waals surface area (Å²) in [5.41, 5.74) is 7.10. The van der Waals surface area contributed by atoms with Crippen LogP contribution in [0.25, 0.3) is 10.2 Å². The fourth-order valence-electron chi connectivity index (χ4n) is 1.38. The lowest BCUT2D eigenvalue weighted by Gasteiger charge is -1.97. The average molecular weight is 222 g/mol. The highest BCUT2D eigenvalue weighted by Crippen LogP contribution is 2.28. The summed E-state index contributed by atoms with van der Waals surface area (Å²) in [6.45, 7) is 2.01. The van der Waals surface area contributed by atoms with Crippen molar-refractivity contribution in [3.8, 4) is 0 Å². The van der Waals surface area contributed by atoms with Crippen LogP contribution >= 0.6 is 11.3 Å². The summed E-state index contributed by atoms with van der Waals surface area (Å²) >= 11 is 1.49. The van der Waals surface area contributed by atoms with Gasteiger partial charge >= 0.3 is 5.97 Å². The summed E-state index contributed by atoms with van der Waals surface area (Å²) in [7, 11) is 0. The predicted molar refractivity (Wildman–Crippen MR) is 60.4 cm³/mol. The van der Waals surface area contributed by atoms with E-state index in [0.29, 0.717) is 11.2 Å². The molecule has 1 heterocycles. The van der Waals surface area contributed by atoms with Crippen LogP contribution in [0.2, 0.25) is 0 Å². The molecule has 0 saturated heterocycles. The van der Waals surface area contributed by atoms with Crippen LogP contribution in [0.4, 0.5) is 5.69 Å². The molecule has 1 aromatic heterocycles. The lowest BCUT2D eigenvalue weighted by atomic mass is 10.2. The summed E-state index contributed by atoms with van der Waals surface area (Å²) < 4.78 is 0.837. The van der Waals surface area contributed by atoms with Crippen LogP contribution in [0, 0.1) is 0 Å². The smallest absolute Gasteiger partial charge is 0.335 e. The summed E-state index contributed by atoms with van der Waals surface area (Å²) in [5, 5.41) is 9.83. The first kappa shape index (κ1) is 9.92. The van der Waals surface area contributed by atoms with E-state index in [2.05, 4.69) is 4.98 Å². The molecule has 15 heavy (non-hydrogen) atoms. The van der Waals surface area contributed by atoms with Crippen LogP contribution < -0.4 is 5.73 Å². The fraction of sp³-hybridized carbons (Fsp3) is 0.200. The second-order valence-electron chi connectivity index (χ2n) is 3.18. The zero-order valence-corrected chi connectivity index (χ0v) is 8.97. The van der Waals surface area contributed by atoms with Gasteiger partial charge in [0.1, 0.15) is 5.52 Å². The first-order valence-electron chi connectivity index (χ1n) is 4.54. The van der Waals surface area contributed by atoms with Gasteiger partial charge in [-0.2, -0.15) is 0 Å². The molecule has 0 amide bonds. The summed E-state index contributed by atoms with van der Waals surface area (Å²) in [6, 6.07) is 3.06. The van der Waals surface area contributed by atoms with Crippen LogP contribution in [0.5, 0.6) is 0 Å². The Balaban J connectivity index is 2.70. The summed E-state index contributed by atoms with van der Waals surface area (Å²) in [5.74, 6) is -0.963. The van der Waals surface area contributed by atoms with E-state index in [4.69, 9.17) is 10.8 Å². The minimum Gasteiger partial charge on any atom is -0.478 e. The molecular formula is C10H10N2O2S. The zero-order valence-electron chi connectivity index (χ0n) is 8.15. The molecule has 5 heteroatoms. The molecular weight excluding hydrogens is 212 g/mol. The summed E-state index contributed by atoms with van der Waals surface area (Å²) in [6.07, 6.45) is 0.835. The Labute approximate surface area is 90.4 Å². The number of aromatic nitrogens is 1. The molecule has 3 N–H and O–H groups in total. The van der Waals surface area contributed by atoms with Crippen molar-refractivity contribution >= 4 is 33.2 Å². The van der Waals surface area contributed by atoms with Gasteiger partial charge in [-0.1, -0.05) is 6.92 Å². The highest BCUT2D eigenvalue weighted by Gasteiger charge is 2.10. The van der Waals surface area contributed by atoms with Crippen molar-refractivity contribution < 1.29 is 9.90 Å². The van der Waals surface area contributed by atoms with E-state index in [-0.39, 0.29) is 5.56 Å². The van der Waals surface area contributed by atoms with Gasteiger partial charge in [0, 0.05) is 0 Å². The van der Waals surface area contributed by atoms with Crippen molar-refractivity contribution in [2.24, 2.45) is 0 Å². The lowest BCUT2D eigenvalue weighted by Crippen LogP contribution is -1.98. The average Bonchev–Trinajstić information content (AvgIpc) is 2.61. The highest BCUT2D eigenvalue weighted by atomic mass is 32.1. The molecule has 0 atom stereocenters. The first-order valence-corrected chi connectivity index (χ1v) is 5.35. The minimum absolute atomic E-state index is 0.214. The summed E-state index contributed by atoms with van der Waals surface area (Å²) in [4.78, 5) is 15.1. The van der Waals surface area contributed by atoms with E-state index in [0.717, 1.165) is 16.1 Å². The molecule has 0 spiro atoms. The van der Waals surface area contributed by atoms with Crippen molar-refractivity contribution in [2.45, 2.75) is 13.3 Å². The van der Waals surface area contributed by atoms with Gasteiger partial charge < -0.3 is 10.8 Å². The number of aryl methyl sites for hydroxylation is 1. The predicted octanol–water partition coefficient (Wildman–Crippen LogP) is 2.14. The van der Waals surface area contributed by atoms with Crippen LogP contribution in [0.3, 0.4) is 0 Å². The van der Waals surface area contributed by atoms with E-state index >= 15 is 0 Å². The SMILES string of the molecule is CCc1nc2c(N)cc(C(=O)O)cc2s1. The van der Waals surface area contributed by atoms with Crippen LogP contribution in [0.1, 0.15) is 22.3 Å². The molecule has 1 aromatic carbocycles. The van der Waals surface area contributed by atoms with Crippen molar-refractivity contribution in [1.29, 1.82) is 0 Å². The van der Waals surface area contributed by atoms with Gasteiger partial charge in [0.25, 0.3) is 0 Å². The second-order valence-corrected chi connectivity index (χ2v) is 4.29. The Kier molecular flexibility index (Phi) is 2.32. The molecule has 0 aliphatic heterocycles. The maximum atomic E-state index is 10.8. The van der Waals surface area contributed by atoms with Gasteiger partial charge in [-0.05, 0) is 18.6 Å². The van der Waals surface area contributed by atoms with Crippen molar-refractivity contribution in [2.75, 3.05) is 5.73 Å². The topological polar surface area (TPSA) is 76.2 Å². The number of nitrogens with zero attached hydrogens (tertiary/aromatic N) is 1. The zero-order chi connectivity index (χ0) is 11.0. The normalized spacial score (nSPS) is 10.7. The maximum absolute atomic E-state index is 10.8. The number of carboxylic acid groups (broad SMARTS) is 1. The molecule has 0 radical (unpaired) electrons. The van der Waals surface area contributed by atoms with Gasteiger partial charge in [0.05, 0.1) is 21.0 Å². The van der Waals surface area contributed by atoms with Gasteiger partial charge in [0.2, 0.25) is 0 Å². The second kappa shape index (κ2) is 3.51. The van der Waals surface area contributed by atoms with E-state index < -0.39 is 5.97 Å². The largest absolute Gasteiger partial charge is 0.478 e. The fourth-order valence-corrected chi connectivity index (χ4v) is 2.36. The van der Waals surface area contributed by atoms with Crippen molar-refractivity contribution in [1.82, 2.24) is 4.98 Å². The number of thiazole rings is 1. The number of rotatable bonds is 2.